The zero-order valence-electron chi connectivity index (χ0n) is 15.9. The number of allylic oxidation sites excluding steroid dienone is 1. The van der Waals surface area contributed by atoms with Crippen molar-refractivity contribution in [1.29, 1.82) is 0 Å². The highest BCUT2D eigenvalue weighted by Crippen LogP contribution is 2.40. The van der Waals surface area contributed by atoms with E-state index in [2.05, 4.69) is 20.4 Å². The van der Waals surface area contributed by atoms with Crippen LogP contribution >= 0.6 is 0 Å². The molecule has 2 atom stereocenters. The molecule has 0 bridgehead atoms. The summed E-state index contributed by atoms with van der Waals surface area (Å²) in [5, 5.41) is 0. The molecule has 0 radical (unpaired) electrons. The second kappa shape index (κ2) is 8.88. The van der Waals surface area contributed by atoms with Crippen LogP contribution in [0.3, 0.4) is 0 Å². The number of ether oxygens (including phenoxy) is 2. The normalized spacial score (nSPS) is 22.8. The summed E-state index contributed by atoms with van der Waals surface area (Å²) < 4.78 is 10.6. The maximum Gasteiger partial charge on any atom is 0.410 e. The van der Waals surface area contributed by atoms with Crippen molar-refractivity contribution < 1.29 is 19.1 Å². The Balaban J connectivity index is 2.16. The third-order valence-electron chi connectivity index (χ3n) is 5.16. The standard InChI is InChI=1S/C21H29NO4/c1-5-11-21(19(23)25-4)12-18(16(2)3)13-22(15-21)20(24)26-14-17-9-7-6-8-10-17/h5-10,16,18H,1,11-15H2,2-4H3/t18-,21-/m1/s1. The summed E-state index contributed by atoms with van der Waals surface area (Å²) in [5.41, 5.74) is 0.179. The molecule has 142 valence electrons. The first kappa shape index (κ1) is 20.0. The molecule has 1 aromatic carbocycles. The average Bonchev–Trinajstić information content (AvgIpc) is 2.66. The first-order valence-electron chi connectivity index (χ1n) is 9.07. The molecule has 1 fully saturated rings. The highest BCUT2D eigenvalue weighted by molar-refractivity contribution is 5.79. The molecule has 1 aliphatic heterocycles. The largest absolute Gasteiger partial charge is 0.469 e. The summed E-state index contributed by atoms with van der Waals surface area (Å²) in [6.45, 7) is 9.11. The second-order valence-electron chi connectivity index (χ2n) is 7.39. The van der Waals surface area contributed by atoms with E-state index in [1.807, 2.05) is 30.3 Å². The van der Waals surface area contributed by atoms with Gasteiger partial charge >= 0.3 is 12.1 Å². The predicted octanol–water partition coefficient (Wildman–Crippen LogP) is 4.04. The van der Waals surface area contributed by atoms with Crippen molar-refractivity contribution in [3.63, 3.8) is 0 Å². The Kier molecular flexibility index (Phi) is 6.83. The Labute approximate surface area is 156 Å². The van der Waals surface area contributed by atoms with Crippen LogP contribution in [-0.2, 0) is 20.9 Å². The molecule has 1 saturated heterocycles. The molecule has 2 rings (SSSR count). The van der Waals surface area contributed by atoms with Crippen molar-refractivity contribution >= 4 is 12.1 Å². The Hall–Kier alpha value is -2.30. The molecule has 0 spiro atoms. The fourth-order valence-electron chi connectivity index (χ4n) is 3.61. The van der Waals surface area contributed by atoms with Crippen LogP contribution in [0.1, 0.15) is 32.3 Å². The molecule has 1 heterocycles. The zero-order valence-corrected chi connectivity index (χ0v) is 15.9. The SMILES string of the molecule is C=CC[C@@]1(C(=O)OC)C[C@@H](C(C)C)CN(C(=O)OCc2ccccc2)C1. The molecular formula is C21H29NO4. The molecule has 0 saturated carbocycles. The van der Waals surface area contributed by atoms with Crippen LogP contribution in [0, 0.1) is 17.3 Å². The number of hydrogen-bond donors (Lipinski definition) is 0. The third kappa shape index (κ3) is 4.65. The molecule has 1 aromatic rings. The van der Waals surface area contributed by atoms with E-state index in [4.69, 9.17) is 9.47 Å². The van der Waals surface area contributed by atoms with Crippen molar-refractivity contribution in [2.75, 3.05) is 20.2 Å². The van der Waals surface area contributed by atoms with Crippen LogP contribution in [0.4, 0.5) is 4.79 Å². The van der Waals surface area contributed by atoms with Crippen LogP contribution in [0.5, 0.6) is 0 Å². The fraction of sp³-hybridized carbons (Fsp3) is 0.524. The molecule has 5 heteroatoms. The van der Waals surface area contributed by atoms with Gasteiger partial charge in [-0.05, 0) is 30.2 Å². The first-order valence-corrected chi connectivity index (χ1v) is 9.07. The van der Waals surface area contributed by atoms with Gasteiger partial charge in [-0.25, -0.2) is 4.79 Å². The van der Waals surface area contributed by atoms with Crippen LogP contribution in [0.2, 0.25) is 0 Å². The lowest BCUT2D eigenvalue weighted by Gasteiger charge is -2.44. The van der Waals surface area contributed by atoms with E-state index in [1.165, 1.54) is 7.11 Å². The number of amides is 1. The predicted molar refractivity (Wildman–Crippen MR) is 100 cm³/mol. The minimum absolute atomic E-state index is 0.201. The van der Waals surface area contributed by atoms with Gasteiger partial charge in [-0.3, -0.25) is 4.79 Å². The lowest BCUT2D eigenvalue weighted by atomic mass is 9.70. The van der Waals surface area contributed by atoms with Gasteiger partial charge in [0.1, 0.15) is 6.61 Å². The van der Waals surface area contributed by atoms with E-state index in [1.54, 1.807) is 11.0 Å². The number of esters is 1. The van der Waals surface area contributed by atoms with Crippen molar-refractivity contribution in [3.05, 3.63) is 48.6 Å². The highest BCUT2D eigenvalue weighted by atomic mass is 16.6. The number of nitrogens with zero attached hydrogens (tertiary/aromatic N) is 1. The summed E-state index contributed by atoms with van der Waals surface area (Å²) in [6.07, 6.45) is 2.50. The van der Waals surface area contributed by atoms with Crippen LogP contribution in [0.15, 0.2) is 43.0 Å². The van der Waals surface area contributed by atoms with Gasteiger partial charge in [-0.2, -0.15) is 0 Å². The third-order valence-corrected chi connectivity index (χ3v) is 5.16. The van der Waals surface area contributed by atoms with Crippen molar-refractivity contribution in [2.45, 2.75) is 33.3 Å². The second-order valence-corrected chi connectivity index (χ2v) is 7.39. The van der Waals surface area contributed by atoms with Gasteiger partial charge < -0.3 is 14.4 Å². The van der Waals surface area contributed by atoms with Gasteiger partial charge in [0, 0.05) is 13.1 Å². The molecule has 0 aromatic heterocycles. The number of methoxy groups -OCH3 is 1. The minimum Gasteiger partial charge on any atom is -0.469 e. The Morgan fingerprint density at radius 2 is 2.04 bits per heavy atom. The smallest absolute Gasteiger partial charge is 0.410 e. The van der Waals surface area contributed by atoms with Gasteiger partial charge in [0.05, 0.1) is 12.5 Å². The average molecular weight is 359 g/mol. The molecule has 0 unspecified atom stereocenters. The van der Waals surface area contributed by atoms with Crippen LogP contribution in [-0.4, -0.2) is 37.2 Å². The lowest BCUT2D eigenvalue weighted by Crippen LogP contribution is -2.54. The van der Waals surface area contributed by atoms with E-state index >= 15 is 0 Å². The zero-order chi connectivity index (χ0) is 19.2. The maximum atomic E-state index is 12.7. The number of likely N-dealkylation sites (tertiary alicyclic amines) is 1. The van der Waals surface area contributed by atoms with Crippen molar-refractivity contribution in [1.82, 2.24) is 4.90 Å². The fourth-order valence-corrected chi connectivity index (χ4v) is 3.61. The minimum atomic E-state index is -0.755. The number of rotatable bonds is 6. The quantitative estimate of drug-likeness (QED) is 0.568. The molecule has 26 heavy (non-hydrogen) atoms. The molecule has 0 aliphatic carbocycles. The van der Waals surface area contributed by atoms with Crippen LogP contribution in [0.25, 0.3) is 0 Å². The van der Waals surface area contributed by atoms with E-state index in [0.717, 1.165) is 5.56 Å². The molecular weight excluding hydrogens is 330 g/mol. The number of piperidine rings is 1. The number of hydrogen-bond acceptors (Lipinski definition) is 4. The number of carbonyl (C=O) groups is 2. The molecule has 1 amide bonds. The Bertz CT molecular complexity index is 628. The topological polar surface area (TPSA) is 55.8 Å². The van der Waals surface area contributed by atoms with Gasteiger partial charge in [0.25, 0.3) is 0 Å². The van der Waals surface area contributed by atoms with E-state index in [-0.39, 0.29) is 18.5 Å². The summed E-state index contributed by atoms with van der Waals surface area (Å²) in [5.74, 6) is 0.254. The van der Waals surface area contributed by atoms with E-state index < -0.39 is 11.5 Å². The van der Waals surface area contributed by atoms with Gasteiger partial charge in [0.2, 0.25) is 0 Å². The summed E-state index contributed by atoms with van der Waals surface area (Å²) >= 11 is 0. The van der Waals surface area contributed by atoms with Gasteiger partial charge in [-0.1, -0.05) is 50.3 Å². The lowest BCUT2D eigenvalue weighted by molar-refractivity contribution is -0.157. The van der Waals surface area contributed by atoms with E-state index in [0.29, 0.717) is 31.8 Å². The van der Waals surface area contributed by atoms with Crippen molar-refractivity contribution in [3.8, 4) is 0 Å². The van der Waals surface area contributed by atoms with E-state index in [9.17, 15) is 9.59 Å². The summed E-state index contributed by atoms with van der Waals surface area (Å²) in [7, 11) is 1.39. The monoisotopic (exact) mass is 359 g/mol. The van der Waals surface area contributed by atoms with Crippen LogP contribution < -0.4 is 0 Å². The molecule has 5 nitrogen and oxygen atoms in total. The number of carbonyl (C=O) groups excluding carboxylic acids is 2. The molecule has 0 N–H and O–H groups in total. The maximum absolute atomic E-state index is 12.7. The first-order chi connectivity index (χ1) is 12.4. The highest BCUT2D eigenvalue weighted by Gasteiger charge is 2.47. The summed E-state index contributed by atoms with van der Waals surface area (Å²) in [6, 6.07) is 9.56. The Morgan fingerprint density at radius 1 is 1.35 bits per heavy atom. The molecule has 1 aliphatic rings. The van der Waals surface area contributed by atoms with Crippen molar-refractivity contribution in [2.24, 2.45) is 17.3 Å². The summed E-state index contributed by atoms with van der Waals surface area (Å²) in [4.78, 5) is 26.9. The number of benzene rings is 1. The van der Waals surface area contributed by atoms with Gasteiger partial charge in [-0.15, -0.1) is 6.58 Å². The van der Waals surface area contributed by atoms with Gasteiger partial charge in [0.15, 0.2) is 0 Å². The Morgan fingerprint density at radius 3 is 2.62 bits per heavy atom.